The summed E-state index contributed by atoms with van der Waals surface area (Å²) >= 11 is 1.75. The molecule has 1 aromatic rings. The minimum absolute atomic E-state index is 0. The van der Waals surface area contributed by atoms with Gasteiger partial charge in [-0.3, -0.25) is 0 Å². The van der Waals surface area contributed by atoms with Crippen LogP contribution in [0.15, 0.2) is 0 Å². The van der Waals surface area contributed by atoms with E-state index in [4.69, 9.17) is 5.73 Å². The Balaban J connectivity index is 0. The molecule has 2 N–H and O–H groups in total. The van der Waals surface area contributed by atoms with E-state index in [9.17, 15) is 0 Å². The highest BCUT2D eigenvalue weighted by Gasteiger charge is 2.01. The Labute approximate surface area is 89.4 Å². The fraction of sp³-hybridized carbons (Fsp3) is 0.571. The first-order chi connectivity index (χ1) is 4.74. The summed E-state index contributed by atoms with van der Waals surface area (Å²) in [5.41, 5.74) is 6.56. The number of thiazole rings is 1. The number of hydrogen-bond acceptors (Lipinski definition) is 3. The molecular formula is C7H14Cl2N2S. The zero-order valence-corrected chi connectivity index (χ0v) is 9.61. The van der Waals surface area contributed by atoms with Gasteiger partial charge in [-0.2, -0.15) is 0 Å². The van der Waals surface area contributed by atoms with Gasteiger partial charge < -0.3 is 5.73 Å². The molecule has 0 aliphatic heterocycles. The molecule has 2 nitrogen and oxygen atoms in total. The topological polar surface area (TPSA) is 38.9 Å². The maximum absolute atomic E-state index is 5.42. The lowest BCUT2D eigenvalue weighted by Gasteiger charge is -1.90. The summed E-state index contributed by atoms with van der Waals surface area (Å²) in [6.45, 7) is 4.79. The zero-order chi connectivity index (χ0) is 7.56. The van der Waals surface area contributed by atoms with Crippen LogP contribution < -0.4 is 5.73 Å². The van der Waals surface area contributed by atoms with E-state index in [0.29, 0.717) is 0 Å². The summed E-state index contributed by atoms with van der Waals surface area (Å²) < 4.78 is 0. The third kappa shape index (κ3) is 3.72. The number of hydrogen-bond donors (Lipinski definition) is 1. The third-order valence-electron chi connectivity index (χ3n) is 1.37. The van der Waals surface area contributed by atoms with E-state index in [2.05, 4.69) is 4.98 Å². The Morgan fingerprint density at radius 3 is 2.25 bits per heavy atom. The molecule has 0 saturated heterocycles. The zero-order valence-electron chi connectivity index (χ0n) is 7.16. The third-order valence-corrected chi connectivity index (χ3v) is 2.50. The van der Waals surface area contributed by atoms with Crippen LogP contribution in [0.5, 0.6) is 0 Å². The second-order valence-electron chi connectivity index (χ2n) is 2.28. The second kappa shape index (κ2) is 6.66. The van der Waals surface area contributed by atoms with E-state index >= 15 is 0 Å². The number of halogens is 2. The van der Waals surface area contributed by atoms with E-state index < -0.39 is 0 Å². The molecule has 1 rings (SSSR count). The summed E-state index contributed by atoms with van der Waals surface area (Å²) in [5.74, 6) is 0. The van der Waals surface area contributed by atoms with E-state index in [1.165, 1.54) is 4.88 Å². The molecule has 0 unspecified atom stereocenters. The van der Waals surface area contributed by atoms with Crippen molar-refractivity contribution in [1.29, 1.82) is 0 Å². The van der Waals surface area contributed by atoms with Gasteiger partial charge in [0.25, 0.3) is 0 Å². The molecule has 0 fully saturated rings. The van der Waals surface area contributed by atoms with Crippen molar-refractivity contribution in [3.05, 3.63) is 15.6 Å². The van der Waals surface area contributed by atoms with Crippen LogP contribution in [-0.4, -0.2) is 11.5 Å². The second-order valence-corrected chi connectivity index (χ2v) is 3.57. The summed E-state index contributed by atoms with van der Waals surface area (Å²) in [4.78, 5) is 5.63. The van der Waals surface area contributed by atoms with E-state index in [-0.39, 0.29) is 24.8 Å². The van der Waals surface area contributed by atoms with Crippen molar-refractivity contribution < 1.29 is 0 Å². The molecule has 0 spiro atoms. The van der Waals surface area contributed by atoms with Crippen LogP contribution in [0.25, 0.3) is 0 Å². The van der Waals surface area contributed by atoms with Crippen molar-refractivity contribution in [2.24, 2.45) is 5.73 Å². The smallest absolute Gasteiger partial charge is 0.0900 e. The minimum atomic E-state index is 0. The quantitative estimate of drug-likeness (QED) is 0.843. The number of rotatable bonds is 2. The highest BCUT2D eigenvalue weighted by molar-refractivity contribution is 7.11. The molecule has 0 aromatic carbocycles. The normalized spacial score (nSPS) is 8.58. The summed E-state index contributed by atoms with van der Waals surface area (Å²) in [7, 11) is 0. The number of aromatic nitrogens is 1. The van der Waals surface area contributed by atoms with Crippen molar-refractivity contribution in [3.8, 4) is 0 Å². The SMILES string of the molecule is Cc1nc(C)c(CCN)s1.Cl.Cl. The van der Waals surface area contributed by atoms with Gasteiger partial charge >= 0.3 is 0 Å². The highest BCUT2D eigenvalue weighted by Crippen LogP contribution is 2.16. The van der Waals surface area contributed by atoms with Crippen molar-refractivity contribution >= 4 is 36.2 Å². The van der Waals surface area contributed by atoms with Gasteiger partial charge in [-0.05, 0) is 26.8 Å². The number of nitrogens with two attached hydrogens (primary N) is 1. The van der Waals surface area contributed by atoms with E-state index in [0.717, 1.165) is 23.7 Å². The molecule has 1 heterocycles. The average molecular weight is 229 g/mol. The van der Waals surface area contributed by atoms with E-state index in [1.54, 1.807) is 11.3 Å². The van der Waals surface area contributed by atoms with Gasteiger partial charge in [0.2, 0.25) is 0 Å². The molecule has 0 radical (unpaired) electrons. The molecule has 1 aromatic heterocycles. The Morgan fingerprint density at radius 2 is 1.92 bits per heavy atom. The van der Waals surface area contributed by atoms with Crippen LogP contribution in [0.1, 0.15) is 15.6 Å². The summed E-state index contributed by atoms with van der Waals surface area (Å²) in [5, 5.41) is 1.14. The first kappa shape index (κ1) is 14.7. The first-order valence-electron chi connectivity index (χ1n) is 3.37. The minimum Gasteiger partial charge on any atom is -0.330 e. The van der Waals surface area contributed by atoms with Crippen LogP contribution in [0.3, 0.4) is 0 Å². The molecule has 0 aliphatic carbocycles. The molecule has 0 amide bonds. The standard InChI is InChI=1S/C7H12N2S.2ClH/c1-5-7(3-4-8)10-6(2)9-5;;/h3-4,8H2,1-2H3;2*1H. The van der Waals surface area contributed by atoms with Crippen LogP contribution in [0.2, 0.25) is 0 Å². The molecule has 0 saturated carbocycles. The van der Waals surface area contributed by atoms with Gasteiger partial charge in [-0.1, -0.05) is 0 Å². The Hall–Kier alpha value is 0.170. The maximum atomic E-state index is 5.42. The molecule has 5 heteroatoms. The van der Waals surface area contributed by atoms with Gasteiger partial charge in [0.05, 0.1) is 10.7 Å². The Kier molecular flexibility index (Phi) is 8.15. The molecular weight excluding hydrogens is 215 g/mol. The van der Waals surface area contributed by atoms with Crippen molar-refractivity contribution in [2.75, 3.05) is 6.54 Å². The molecule has 0 bridgehead atoms. The predicted octanol–water partition coefficient (Wildman–Crippen LogP) is 2.10. The van der Waals surface area contributed by atoms with Crippen molar-refractivity contribution in [2.45, 2.75) is 20.3 Å². The average Bonchev–Trinajstić information content (AvgIpc) is 2.13. The lowest BCUT2D eigenvalue weighted by Crippen LogP contribution is -2.01. The highest BCUT2D eigenvalue weighted by atomic mass is 35.5. The van der Waals surface area contributed by atoms with Crippen LogP contribution in [-0.2, 0) is 6.42 Å². The fourth-order valence-corrected chi connectivity index (χ4v) is 1.89. The molecule has 0 atom stereocenters. The lowest BCUT2D eigenvalue weighted by molar-refractivity contribution is 0.969. The van der Waals surface area contributed by atoms with E-state index in [1.807, 2.05) is 13.8 Å². The summed E-state index contributed by atoms with van der Waals surface area (Å²) in [6, 6.07) is 0. The number of nitrogens with zero attached hydrogens (tertiary/aromatic N) is 1. The lowest BCUT2D eigenvalue weighted by atomic mass is 10.3. The Morgan fingerprint density at radius 1 is 1.33 bits per heavy atom. The maximum Gasteiger partial charge on any atom is 0.0900 e. The fourth-order valence-electron chi connectivity index (χ4n) is 0.937. The Bertz CT molecular complexity index is 225. The predicted molar refractivity (Wildman–Crippen MR) is 58.8 cm³/mol. The molecule has 12 heavy (non-hydrogen) atoms. The van der Waals surface area contributed by atoms with Gasteiger partial charge in [0.15, 0.2) is 0 Å². The van der Waals surface area contributed by atoms with Crippen molar-refractivity contribution in [1.82, 2.24) is 4.98 Å². The van der Waals surface area contributed by atoms with Gasteiger partial charge in [-0.25, -0.2) is 4.98 Å². The van der Waals surface area contributed by atoms with Gasteiger partial charge in [0.1, 0.15) is 0 Å². The molecule has 0 aliphatic rings. The molecule has 72 valence electrons. The first-order valence-corrected chi connectivity index (χ1v) is 4.18. The van der Waals surface area contributed by atoms with Crippen molar-refractivity contribution in [3.63, 3.8) is 0 Å². The monoisotopic (exact) mass is 228 g/mol. The summed E-state index contributed by atoms with van der Waals surface area (Å²) in [6.07, 6.45) is 0.970. The van der Waals surface area contributed by atoms with Gasteiger partial charge in [-0.15, -0.1) is 36.2 Å². The number of aryl methyl sites for hydroxylation is 2. The van der Waals surface area contributed by atoms with Crippen LogP contribution in [0, 0.1) is 13.8 Å². The van der Waals surface area contributed by atoms with Crippen LogP contribution in [0.4, 0.5) is 0 Å². The van der Waals surface area contributed by atoms with Gasteiger partial charge in [0, 0.05) is 4.88 Å². The van der Waals surface area contributed by atoms with Crippen LogP contribution >= 0.6 is 36.2 Å². The largest absolute Gasteiger partial charge is 0.330 e.